The lowest BCUT2D eigenvalue weighted by molar-refractivity contribution is -0.925. The van der Waals surface area contributed by atoms with E-state index in [-0.39, 0.29) is 12.4 Å². The average molecular weight is 524 g/mol. The van der Waals surface area contributed by atoms with Crippen LogP contribution in [0.2, 0.25) is 6.04 Å². The number of rotatable bonds is 26. The Morgan fingerprint density at radius 2 is 0.824 bits per heavy atom. The van der Waals surface area contributed by atoms with Crippen molar-refractivity contribution in [3.8, 4) is 0 Å². The predicted molar refractivity (Wildman–Crippen MR) is 147 cm³/mol. The fourth-order valence-electron chi connectivity index (χ4n) is 5.07. The first-order valence-electron chi connectivity index (χ1n) is 14.8. The van der Waals surface area contributed by atoms with Crippen molar-refractivity contribution in [1.29, 1.82) is 0 Å². The summed E-state index contributed by atoms with van der Waals surface area (Å²) in [6.45, 7) is 20.2. The maximum atomic E-state index is 6.06. The van der Waals surface area contributed by atoms with Gasteiger partial charge < -0.3 is 30.2 Å². The van der Waals surface area contributed by atoms with Crippen molar-refractivity contribution < 1.29 is 30.2 Å². The molecule has 0 fully saturated rings. The van der Waals surface area contributed by atoms with Gasteiger partial charge in [-0.25, -0.2) is 0 Å². The molecule has 0 heterocycles. The van der Waals surface area contributed by atoms with Gasteiger partial charge in [0, 0.05) is 32.3 Å². The molecular formula is C28H62ClNO3Si. The maximum absolute atomic E-state index is 6.06. The molecule has 6 heteroatoms. The van der Waals surface area contributed by atoms with Crippen LogP contribution in [-0.4, -0.2) is 59.3 Å². The summed E-state index contributed by atoms with van der Waals surface area (Å²) in [4.78, 5) is 0. The van der Waals surface area contributed by atoms with Gasteiger partial charge >= 0.3 is 8.80 Å². The third-order valence-electron chi connectivity index (χ3n) is 7.29. The summed E-state index contributed by atoms with van der Waals surface area (Å²) in [5.41, 5.74) is 0. The topological polar surface area (TPSA) is 27.7 Å². The molecule has 0 aromatic carbocycles. The second kappa shape index (κ2) is 25.0. The molecule has 0 atom stereocenters. The molecule has 0 aliphatic heterocycles. The van der Waals surface area contributed by atoms with Crippen LogP contribution in [0.1, 0.15) is 131 Å². The molecule has 0 radical (unpaired) electrons. The van der Waals surface area contributed by atoms with Gasteiger partial charge in [0.05, 0.1) is 26.2 Å². The van der Waals surface area contributed by atoms with Crippen LogP contribution in [0, 0.1) is 0 Å². The lowest BCUT2D eigenvalue weighted by atomic mass is 10.0. The fourth-order valence-corrected chi connectivity index (χ4v) is 7.66. The first-order valence-corrected chi connectivity index (χ1v) is 16.8. The van der Waals surface area contributed by atoms with E-state index in [0.717, 1.165) is 12.5 Å². The summed E-state index contributed by atoms with van der Waals surface area (Å²) in [6.07, 6.45) is 19.7. The van der Waals surface area contributed by atoms with Crippen molar-refractivity contribution in [3.05, 3.63) is 0 Å². The second-order valence-corrected chi connectivity index (χ2v) is 12.5. The Labute approximate surface area is 222 Å². The minimum Gasteiger partial charge on any atom is -1.00 e. The van der Waals surface area contributed by atoms with E-state index in [2.05, 4.69) is 20.8 Å². The summed E-state index contributed by atoms with van der Waals surface area (Å²) in [5.74, 6) is 0. The zero-order valence-corrected chi connectivity index (χ0v) is 25.9. The van der Waals surface area contributed by atoms with Gasteiger partial charge in [-0.1, -0.05) is 77.6 Å². The first-order chi connectivity index (χ1) is 16.1. The van der Waals surface area contributed by atoms with Gasteiger partial charge in [-0.3, -0.25) is 0 Å². The van der Waals surface area contributed by atoms with Crippen LogP contribution in [0.15, 0.2) is 0 Å². The Kier molecular flexibility index (Phi) is 26.9. The van der Waals surface area contributed by atoms with Crippen LogP contribution in [0.3, 0.4) is 0 Å². The summed E-state index contributed by atoms with van der Waals surface area (Å²) in [6, 6.07) is 0.946. The second-order valence-electron chi connectivity index (χ2n) is 9.75. The van der Waals surface area contributed by atoms with Gasteiger partial charge in [0.15, 0.2) is 0 Å². The van der Waals surface area contributed by atoms with Gasteiger partial charge in [0.1, 0.15) is 0 Å². The van der Waals surface area contributed by atoms with Gasteiger partial charge in [-0.15, -0.1) is 0 Å². The number of quaternary nitrogens is 1. The molecule has 4 nitrogen and oxygen atoms in total. The maximum Gasteiger partial charge on any atom is 0.501 e. The van der Waals surface area contributed by atoms with Gasteiger partial charge in [0.25, 0.3) is 0 Å². The van der Waals surface area contributed by atoms with Crippen molar-refractivity contribution >= 4 is 8.80 Å². The van der Waals surface area contributed by atoms with Crippen molar-refractivity contribution in [2.75, 3.05) is 46.0 Å². The smallest absolute Gasteiger partial charge is 0.501 e. The van der Waals surface area contributed by atoms with Crippen LogP contribution < -0.4 is 12.4 Å². The molecule has 0 saturated heterocycles. The van der Waals surface area contributed by atoms with E-state index in [4.69, 9.17) is 13.3 Å². The summed E-state index contributed by atoms with van der Waals surface area (Å²) < 4.78 is 19.4. The molecular weight excluding hydrogens is 462 g/mol. The van der Waals surface area contributed by atoms with E-state index in [1.54, 1.807) is 0 Å². The minimum atomic E-state index is -2.50. The molecule has 0 aromatic heterocycles. The van der Waals surface area contributed by atoms with E-state index in [9.17, 15) is 0 Å². The van der Waals surface area contributed by atoms with E-state index in [1.165, 1.54) is 114 Å². The number of nitrogens with zero attached hydrogens (tertiary/aromatic N) is 1. The van der Waals surface area contributed by atoms with E-state index in [0.29, 0.717) is 19.8 Å². The Balaban J connectivity index is 0. The molecule has 0 saturated carbocycles. The Morgan fingerprint density at radius 3 is 1.18 bits per heavy atom. The predicted octanol–water partition coefficient (Wildman–Crippen LogP) is 5.38. The van der Waals surface area contributed by atoms with Crippen LogP contribution in [0.4, 0.5) is 0 Å². The molecule has 0 aliphatic carbocycles. The highest BCUT2D eigenvalue weighted by atomic mass is 35.5. The lowest BCUT2D eigenvalue weighted by Crippen LogP contribution is -3.00. The number of halogens is 1. The molecule has 0 aliphatic rings. The number of unbranched alkanes of at least 4 members (excludes halogenated alkanes) is 12. The standard InChI is InChI=1S/C28H62NO3Si.ClH/c1-7-13-14-15-16-17-18-19-20-21-22-23-24-26-29(8-2,9-3)27-25-28-33(30-10-4,31-11-5)32-12-6;/h7-28H2,1-6H3;1H/q+1;/p-1. The highest BCUT2D eigenvalue weighted by molar-refractivity contribution is 6.60. The third-order valence-corrected chi connectivity index (χ3v) is 10.4. The van der Waals surface area contributed by atoms with Crippen molar-refractivity contribution in [2.45, 2.75) is 137 Å². The number of hydrogen-bond acceptors (Lipinski definition) is 3. The lowest BCUT2D eigenvalue weighted by Gasteiger charge is -2.38. The fraction of sp³-hybridized carbons (Fsp3) is 1.00. The molecule has 0 unspecified atom stereocenters. The Hall–Kier alpha value is 0.347. The normalized spacial score (nSPS) is 12.2. The molecule has 0 N–H and O–H groups in total. The van der Waals surface area contributed by atoms with Crippen LogP contribution >= 0.6 is 0 Å². The van der Waals surface area contributed by atoms with Gasteiger partial charge in [0.2, 0.25) is 0 Å². The quantitative estimate of drug-likeness (QED) is 0.0865. The number of hydrogen-bond donors (Lipinski definition) is 0. The molecule has 0 amide bonds. The molecule has 0 bridgehead atoms. The van der Waals surface area contributed by atoms with Crippen molar-refractivity contribution in [1.82, 2.24) is 0 Å². The van der Waals surface area contributed by atoms with Crippen LogP contribution in [-0.2, 0) is 13.3 Å². The summed E-state index contributed by atoms with van der Waals surface area (Å²) in [5, 5.41) is 0. The first kappa shape index (κ1) is 36.5. The molecule has 0 spiro atoms. The molecule has 0 aromatic rings. The monoisotopic (exact) mass is 523 g/mol. The van der Waals surface area contributed by atoms with E-state index >= 15 is 0 Å². The molecule has 34 heavy (non-hydrogen) atoms. The third kappa shape index (κ3) is 17.7. The van der Waals surface area contributed by atoms with Crippen LogP contribution in [0.25, 0.3) is 0 Å². The van der Waals surface area contributed by atoms with Gasteiger partial charge in [-0.05, 0) is 47.5 Å². The SMILES string of the molecule is CCCCCCCCCCCCCCC[N+](CC)(CC)CCC[Si](OCC)(OCC)OCC.[Cl-]. The average Bonchev–Trinajstić information content (AvgIpc) is 2.81. The zero-order valence-electron chi connectivity index (χ0n) is 24.1. The van der Waals surface area contributed by atoms with Crippen molar-refractivity contribution in [2.24, 2.45) is 0 Å². The van der Waals surface area contributed by atoms with E-state index < -0.39 is 8.80 Å². The summed E-state index contributed by atoms with van der Waals surface area (Å²) in [7, 11) is -2.50. The Bertz CT molecular complexity index is 394. The molecule has 208 valence electrons. The van der Waals surface area contributed by atoms with E-state index in [1.807, 2.05) is 20.8 Å². The zero-order chi connectivity index (χ0) is 24.7. The highest BCUT2D eigenvalue weighted by Crippen LogP contribution is 2.21. The van der Waals surface area contributed by atoms with Gasteiger partial charge in [-0.2, -0.15) is 0 Å². The minimum absolute atomic E-state index is 0. The highest BCUT2D eigenvalue weighted by Gasteiger charge is 2.40. The van der Waals surface area contributed by atoms with Crippen LogP contribution in [0.5, 0.6) is 0 Å². The summed E-state index contributed by atoms with van der Waals surface area (Å²) >= 11 is 0. The molecule has 0 rings (SSSR count). The van der Waals surface area contributed by atoms with Crippen molar-refractivity contribution in [3.63, 3.8) is 0 Å². The largest absolute Gasteiger partial charge is 1.00 e. The Morgan fingerprint density at radius 1 is 0.471 bits per heavy atom.